The molecule has 2 N–H and O–H groups in total. The molecule has 0 saturated carbocycles. The molecular weight excluding hydrogens is 331 g/mol. The fraction of sp³-hybridized carbons (Fsp3) is 0.143. The van der Waals surface area contributed by atoms with Crippen molar-refractivity contribution < 1.29 is 9.59 Å². The summed E-state index contributed by atoms with van der Waals surface area (Å²) in [6, 6.07) is 8.33. The van der Waals surface area contributed by atoms with E-state index in [-0.39, 0.29) is 24.8 Å². The molecule has 4 nitrogen and oxygen atoms in total. The van der Waals surface area contributed by atoms with Crippen LogP contribution in [0.3, 0.4) is 0 Å². The third-order valence-corrected chi connectivity index (χ3v) is 3.83. The first kappa shape index (κ1) is 15.8. The Morgan fingerprint density at radius 2 is 1.86 bits per heavy atom. The fourth-order valence-corrected chi connectivity index (χ4v) is 2.80. The summed E-state index contributed by atoms with van der Waals surface area (Å²) in [5.41, 5.74) is 0.530. The molecular formula is C14H12Cl2N2O2S. The van der Waals surface area contributed by atoms with Crippen LogP contribution in [0.1, 0.15) is 16.1 Å². The third kappa shape index (κ3) is 5.04. The minimum absolute atomic E-state index is 0.168. The fourth-order valence-electron chi connectivity index (χ4n) is 1.63. The van der Waals surface area contributed by atoms with E-state index in [4.69, 9.17) is 23.2 Å². The van der Waals surface area contributed by atoms with Crippen molar-refractivity contribution in [1.29, 1.82) is 0 Å². The zero-order valence-electron chi connectivity index (χ0n) is 10.9. The van der Waals surface area contributed by atoms with Gasteiger partial charge in [-0.25, -0.2) is 0 Å². The molecule has 0 spiro atoms. The van der Waals surface area contributed by atoms with Crippen molar-refractivity contribution in [1.82, 2.24) is 5.32 Å². The number of nitrogens with one attached hydrogen (secondary N) is 2. The first-order valence-corrected chi connectivity index (χ1v) is 7.76. The lowest BCUT2D eigenvalue weighted by atomic mass is 10.3. The van der Waals surface area contributed by atoms with Crippen LogP contribution < -0.4 is 10.6 Å². The van der Waals surface area contributed by atoms with Crippen LogP contribution >= 0.6 is 34.5 Å². The Morgan fingerprint density at radius 3 is 2.48 bits per heavy atom. The predicted molar refractivity (Wildman–Crippen MR) is 86.4 cm³/mol. The summed E-state index contributed by atoms with van der Waals surface area (Å²) in [6.45, 7) is 0.261. The van der Waals surface area contributed by atoms with Crippen LogP contribution in [0, 0.1) is 0 Å². The Kier molecular flexibility index (Phi) is 5.61. The maximum Gasteiger partial charge on any atom is 0.261 e. The lowest BCUT2D eigenvalue weighted by Gasteiger charge is -2.07. The van der Waals surface area contributed by atoms with E-state index in [1.165, 1.54) is 11.3 Å². The summed E-state index contributed by atoms with van der Waals surface area (Å²) in [7, 11) is 0. The van der Waals surface area contributed by atoms with E-state index in [2.05, 4.69) is 10.6 Å². The molecule has 0 atom stereocenters. The molecule has 0 fully saturated rings. The van der Waals surface area contributed by atoms with Crippen molar-refractivity contribution in [3.63, 3.8) is 0 Å². The molecule has 0 saturated heterocycles. The summed E-state index contributed by atoms with van der Waals surface area (Å²) in [4.78, 5) is 24.0. The first-order chi connectivity index (χ1) is 10.0. The van der Waals surface area contributed by atoms with E-state index >= 15 is 0 Å². The van der Waals surface area contributed by atoms with Gasteiger partial charge in [0.15, 0.2) is 0 Å². The maximum absolute atomic E-state index is 11.8. The van der Waals surface area contributed by atoms with Gasteiger partial charge in [-0.15, -0.1) is 11.3 Å². The number of halogens is 2. The van der Waals surface area contributed by atoms with Crippen molar-refractivity contribution in [3.8, 4) is 0 Å². The molecule has 2 amide bonds. The van der Waals surface area contributed by atoms with E-state index in [0.717, 1.165) is 0 Å². The van der Waals surface area contributed by atoms with Crippen LogP contribution in [-0.2, 0) is 4.79 Å². The number of thiophene rings is 1. The highest BCUT2D eigenvalue weighted by Crippen LogP contribution is 2.22. The molecule has 110 valence electrons. The molecule has 1 aromatic carbocycles. The van der Waals surface area contributed by atoms with Crippen molar-refractivity contribution in [2.45, 2.75) is 6.42 Å². The summed E-state index contributed by atoms with van der Waals surface area (Å²) >= 11 is 13.0. The van der Waals surface area contributed by atoms with E-state index in [1.54, 1.807) is 30.3 Å². The molecule has 0 aliphatic carbocycles. The van der Waals surface area contributed by atoms with Crippen molar-refractivity contribution >= 4 is 52.0 Å². The number of carbonyl (C=O) groups excluding carboxylic acids is 2. The van der Waals surface area contributed by atoms with Gasteiger partial charge in [0.2, 0.25) is 5.91 Å². The molecule has 0 radical (unpaired) electrons. The SMILES string of the molecule is O=C(CCNC(=O)c1cccs1)Nc1cc(Cl)cc(Cl)c1. The number of benzene rings is 1. The van der Waals surface area contributed by atoms with Crippen LogP contribution in [0.4, 0.5) is 5.69 Å². The van der Waals surface area contributed by atoms with Gasteiger partial charge in [-0.05, 0) is 29.6 Å². The van der Waals surface area contributed by atoms with Gasteiger partial charge in [-0.1, -0.05) is 29.3 Å². The lowest BCUT2D eigenvalue weighted by molar-refractivity contribution is -0.116. The monoisotopic (exact) mass is 342 g/mol. The largest absolute Gasteiger partial charge is 0.351 e. The smallest absolute Gasteiger partial charge is 0.261 e. The van der Waals surface area contributed by atoms with Gasteiger partial charge in [-0.3, -0.25) is 9.59 Å². The Bertz CT molecular complexity index is 624. The van der Waals surface area contributed by atoms with E-state index in [0.29, 0.717) is 20.6 Å². The topological polar surface area (TPSA) is 58.2 Å². The van der Waals surface area contributed by atoms with Gasteiger partial charge in [0, 0.05) is 28.7 Å². The van der Waals surface area contributed by atoms with Crippen LogP contribution in [0.5, 0.6) is 0 Å². The number of amides is 2. The standard InChI is InChI=1S/C14H12Cl2N2O2S/c15-9-6-10(16)8-11(7-9)18-13(19)3-4-17-14(20)12-2-1-5-21-12/h1-2,5-8H,3-4H2,(H,17,20)(H,18,19). The maximum atomic E-state index is 11.8. The molecule has 21 heavy (non-hydrogen) atoms. The number of hydrogen-bond acceptors (Lipinski definition) is 3. The van der Waals surface area contributed by atoms with Gasteiger partial charge in [0.25, 0.3) is 5.91 Å². The normalized spacial score (nSPS) is 10.2. The van der Waals surface area contributed by atoms with Gasteiger partial charge in [-0.2, -0.15) is 0 Å². The second kappa shape index (κ2) is 7.45. The molecule has 1 heterocycles. The molecule has 0 unspecified atom stereocenters. The van der Waals surface area contributed by atoms with Crippen molar-refractivity contribution in [2.24, 2.45) is 0 Å². The van der Waals surface area contributed by atoms with E-state index in [1.807, 2.05) is 5.38 Å². The quantitative estimate of drug-likeness (QED) is 0.867. The zero-order chi connectivity index (χ0) is 15.2. The molecule has 0 aliphatic rings. The number of hydrogen-bond donors (Lipinski definition) is 2. The number of anilines is 1. The highest BCUT2D eigenvalue weighted by Gasteiger charge is 2.08. The van der Waals surface area contributed by atoms with Gasteiger partial charge in [0.1, 0.15) is 0 Å². The summed E-state index contributed by atoms with van der Waals surface area (Å²) in [5, 5.41) is 8.08. The average molecular weight is 343 g/mol. The van der Waals surface area contributed by atoms with E-state index in [9.17, 15) is 9.59 Å². The second-order valence-electron chi connectivity index (χ2n) is 4.19. The molecule has 0 bridgehead atoms. The van der Waals surface area contributed by atoms with Crippen molar-refractivity contribution in [3.05, 3.63) is 50.6 Å². The van der Waals surface area contributed by atoms with Crippen LogP contribution in [0.15, 0.2) is 35.7 Å². The second-order valence-corrected chi connectivity index (χ2v) is 6.01. The highest BCUT2D eigenvalue weighted by molar-refractivity contribution is 7.12. The Morgan fingerprint density at radius 1 is 1.14 bits per heavy atom. The minimum atomic E-state index is -0.222. The van der Waals surface area contributed by atoms with Crippen molar-refractivity contribution in [2.75, 3.05) is 11.9 Å². The van der Waals surface area contributed by atoms with Gasteiger partial charge in [0.05, 0.1) is 4.88 Å². The van der Waals surface area contributed by atoms with Gasteiger partial charge < -0.3 is 10.6 Å². The Hall–Kier alpha value is -1.56. The average Bonchev–Trinajstić information content (AvgIpc) is 2.90. The number of rotatable bonds is 5. The van der Waals surface area contributed by atoms with Crippen LogP contribution in [0.25, 0.3) is 0 Å². The molecule has 2 rings (SSSR count). The predicted octanol–water partition coefficient (Wildman–Crippen LogP) is 3.81. The Balaban J connectivity index is 1.78. The minimum Gasteiger partial charge on any atom is -0.351 e. The number of carbonyl (C=O) groups is 2. The lowest BCUT2D eigenvalue weighted by Crippen LogP contribution is -2.27. The Labute approximate surface area is 136 Å². The summed E-state index contributed by atoms with van der Waals surface area (Å²) in [6.07, 6.45) is 0.168. The molecule has 7 heteroatoms. The van der Waals surface area contributed by atoms with Crippen LogP contribution in [0.2, 0.25) is 10.0 Å². The first-order valence-electron chi connectivity index (χ1n) is 6.12. The van der Waals surface area contributed by atoms with Crippen LogP contribution in [-0.4, -0.2) is 18.4 Å². The molecule has 2 aromatic rings. The molecule has 1 aromatic heterocycles. The van der Waals surface area contributed by atoms with E-state index < -0.39 is 0 Å². The third-order valence-electron chi connectivity index (χ3n) is 2.53. The highest BCUT2D eigenvalue weighted by atomic mass is 35.5. The zero-order valence-corrected chi connectivity index (χ0v) is 13.2. The van der Waals surface area contributed by atoms with Gasteiger partial charge >= 0.3 is 0 Å². The summed E-state index contributed by atoms with van der Waals surface area (Å²) in [5.74, 6) is -0.400. The summed E-state index contributed by atoms with van der Waals surface area (Å²) < 4.78 is 0. The molecule has 0 aliphatic heterocycles.